The molecule has 2 aliphatic rings. The molecule has 0 bridgehead atoms. The highest BCUT2D eigenvalue weighted by molar-refractivity contribution is 9.10. The monoisotopic (exact) mass is 307 g/mol. The number of anilines is 1. The Morgan fingerprint density at radius 2 is 1.94 bits per heavy atom. The molecular weight excluding hydrogens is 290 g/mol. The van der Waals surface area contributed by atoms with Gasteiger partial charge in [0.1, 0.15) is 0 Å². The van der Waals surface area contributed by atoms with E-state index in [2.05, 4.69) is 21.2 Å². The van der Waals surface area contributed by atoms with E-state index >= 15 is 0 Å². The van der Waals surface area contributed by atoms with Crippen LogP contribution in [0.3, 0.4) is 0 Å². The van der Waals surface area contributed by atoms with Crippen LogP contribution >= 0.6 is 15.9 Å². The van der Waals surface area contributed by atoms with Crippen molar-refractivity contribution in [1.29, 1.82) is 0 Å². The van der Waals surface area contributed by atoms with Gasteiger partial charge in [0.05, 0.1) is 0 Å². The number of hydrogen-bond donors (Lipinski definition) is 1. The highest BCUT2D eigenvalue weighted by atomic mass is 79.9. The van der Waals surface area contributed by atoms with Gasteiger partial charge in [-0.05, 0) is 49.3 Å². The van der Waals surface area contributed by atoms with E-state index in [0.29, 0.717) is 11.8 Å². The quantitative estimate of drug-likeness (QED) is 0.874. The van der Waals surface area contributed by atoms with E-state index in [0.717, 1.165) is 15.7 Å². The van der Waals surface area contributed by atoms with Crippen molar-refractivity contribution in [3.05, 3.63) is 28.2 Å². The van der Waals surface area contributed by atoms with Crippen molar-refractivity contribution in [2.24, 2.45) is 17.8 Å². The van der Waals surface area contributed by atoms with Crippen LogP contribution in [0.15, 0.2) is 22.7 Å². The highest BCUT2D eigenvalue weighted by Gasteiger charge is 2.54. The maximum atomic E-state index is 12.3. The second-order valence-electron chi connectivity index (χ2n) is 5.54. The molecule has 0 radical (unpaired) electrons. The van der Waals surface area contributed by atoms with Gasteiger partial charge in [0.15, 0.2) is 0 Å². The molecule has 2 aliphatic carbocycles. The Morgan fingerprint density at radius 3 is 2.61 bits per heavy atom. The van der Waals surface area contributed by atoms with Crippen LogP contribution in [-0.4, -0.2) is 5.91 Å². The zero-order chi connectivity index (χ0) is 12.7. The Kier molecular flexibility index (Phi) is 3.18. The number of benzene rings is 1. The maximum absolute atomic E-state index is 12.3. The van der Waals surface area contributed by atoms with Crippen molar-refractivity contribution >= 4 is 27.5 Å². The van der Waals surface area contributed by atoms with E-state index in [-0.39, 0.29) is 11.8 Å². The fraction of sp³-hybridized carbons (Fsp3) is 0.533. The number of carbonyl (C=O) groups excluding carboxylic acids is 1. The smallest absolute Gasteiger partial charge is 0.228 e. The molecule has 2 nitrogen and oxygen atoms in total. The SMILES string of the molecule is Cc1c(Br)cccc1NC(=O)C1C2CCCCC21. The molecule has 3 rings (SSSR count). The summed E-state index contributed by atoms with van der Waals surface area (Å²) in [6.45, 7) is 2.03. The van der Waals surface area contributed by atoms with Gasteiger partial charge in [0.2, 0.25) is 5.91 Å². The molecule has 96 valence electrons. The largest absolute Gasteiger partial charge is 0.326 e. The van der Waals surface area contributed by atoms with Crippen LogP contribution in [0.1, 0.15) is 31.2 Å². The first-order valence-electron chi connectivity index (χ1n) is 6.74. The van der Waals surface area contributed by atoms with Crippen molar-refractivity contribution in [2.75, 3.05) is 5.32 Å². The molecule has 0 heterocycles. The third kappa shape index (κ3) is 2.09. The summed E-state index contributed by atoms with van der Waals surface area (Å²) in [5.74, 6) is 1.86. The number of carbonyl (C=O) groups is 1. The van der Waals surface area contributed by atoms with E-state index < -0.39 is 0 Å². The molecule has 2 atom stereocenters. The lowest BCUT2D eigenvalue weighted by Gasteiger charge is -2.09. The van der Waals surface area contributed by atoms with Crippen LogP contribution in [0, 0.1) is 24.7 Å². The minimum atomic E-state index is 0.230. The van der Waals surface area contributed by atoms with Gasteiger partial charge in [-0.3, -0.25) is 4.79 Å². The Morgan fingerprint density at radius 1 is 1.28 bits per heavy atom. The number of hydrogen-bond acceptors (Lipinski definition) is 1. The lowest BCUT2D eigenvalue weighted by Crippen LogP contribution is -2.16. The molecule has 18 heavy (non-hydrogen) atoms. The Labute approximate surface area is 116 Å². The minimum Gasteiger partial charge on any atom is -0.326 e. The first-order valence-corrected chi connectivity index (χ1v) is 7.54. The summed E-state index contributed by atoms with van der Waals surface area (Å²) in [5, 5.41) is 3.10. The number of nitrogens with one attached hydrogen (secondary N) is 1. The van der Waals surface area contributed by atoms with Crippen molar-refractivity contribution in [1.82, 2.24) is 0 Å². The first-order chi connectivity index (χ1) is 8.68. The van der Waals surface area contributed by atoms with Crippen LogP contribution in [0.2, 0.25) is 0 Å². The summed E-state index contributed by atoms with van der Waals surface area (Å²) in [6.07, 6.45) is 5.11. The number of rotatable bonds is 2. The first kappa shape index (κ1) is 12.2. The lowest BCUT2D eigenvalue weighted by atomic mass is 10.0. The molecule has 0 aromatic heterocycles. The third-order valence-electron chi connectivity index (χ3n) is 4.48. The zero-order valence-corrected chi connectivity index (χ0v) is 12.2. The Bertz CT molecular complexity index is 473. The van der Waals surface area contributed by atoms with Crippen LogP contribution < -0.4 is 5.32 Å². The molecule has 2 saturated carbocycles. The second kappa shape index (κ2) is 4.69. The summed E-state index contributed by atoms with van der Waals surface area (Å²) >= 11 is 3.50. The van der Waals surface area contributed by atoms with Crippen molar-refractivity contribution in [3.8, 4) is 0 Å². The molecule has 0 spiro atoms. The van der Waals surface area contributed by atoms with Gasteiger partial charge in [-0.25, -0.2) is 0 Å². The molecule has 3 heteroatoms. The van der Waals surface area contributed by atoms with E-state index in [4.69, 9.17) is 0 Å². The molecule has 1 aromatic rings. The standard InChI is InChI=1S/C15H18BrNO/c1-9-12(16)7-4-8-13(9)17-15(18)14-10-5-2-3-6-11(10)14/h4,7-8,10-11,14H,2-3,5-6H2,1H3,(H,17,18). The summed E-state index contributed by atoms with van der Waals surface area (Å²) in [4.78, 5) is 12.3. The highest BCUT2D eigenvalue weighted by Crippen LogP contribution is 2.55. The van der Waals surface area contributed by atoms with Gasteiger partial charge < -0.3 is 5.32 Å². The van der Waals surface area contributed by atoms with E-state index in [1.165, 1.54) is 25.7 Å². The van der Waals surface area contributed by atoms with Gasteiger partial charge >= 0.3 is 0 Å². The average molecular weight is 308 g/mol. The van der Waals surface area contributed by atoms with E-state index in [9.17, 15) is 4.79 Å². The fourth-order valence-corrected chi connectivity index (χ4v) is 3.71. The van der Waals surface area contributed by atoms with Gasteiger partial charge in [-0.15, -0.1) is 0 Å². The van der Waals surface area contributed by atoms with Crippen molar-refractivity contribution in [2.45, 2.75) is 32.6 Å². The molecule has 1 amide bonds. The molecule has 0 aliphatic heterocycles. The predicted molar refractivity (Wildman–Crippen MR) is 76.4 cm³/mol. The van der Waals surface area contributed by atoms with Crippen molar-refractivity contribution in [3.63, 3.8) is 0 Å². The molecule has 1 N–H and O–H groups in total. The Hall–Kier alpha value is -0.830. The second-order valence-corrected chi connectivity index (χ2v) is 6.39. The van der Waals surface area contributed by atoms with Crippen LogP contribution in [0.4, 0.5) is 5.69 Å². The van der Waals surface area contributed by atoms with Gasteiger partial charge in [-0.2, -0.15) is 0 Å². The number of amides is 1. The average Bonchev–Trinajstić information content (AvgIpc) is 3.09. The maximum Gasteiger partial charge on any atom is 0.228 e. The number of fused-ring (bicyclic) bond motifs is 1. The normalized spacial score (nSPS) is 29.6. The molecule has 2 unspecified atom stereocenters. The minimum absolute atomic E-state index is 0.230. The molecular formula is C15H18BrNO. The predicted octanol–water partition coefficient (Wildman–Crippen LogP) is 4.13. The van der Waals surface area contributed by atoms with Crippen LogP contribution in [-0.2, 0) is 4.79 Å². The summed E-state index contributed by atoms with van der Waals surface area (Å²) in [5.41, 5.74) is 2.05. The number of halogens is 1. The van der Waals surface area contributed by atoms with Crippen LogP contribution in [0.25, 0.3) is 0 Å². The molecule has 0 saturated heterocycles. The van der Waals surface area contributed by atoms with Crippen LogP contribution in [0.5, 0.6) is 0 Å². The van der Waals surface area contributed by atoms with Gasteiger partial charge in [0.25, 0.3) is 0 Å². The topological polar surface area (TPSA) is 29.1 Å². The third-order valence-corrected chi connectivity index (χ3v) is 5.34. The summed E-state index contributed by atoms with van der Waals surface area (Å²) in [7, 11) is 0. The molecule has 2 fully saturated rings. The fourth-order valence-electron chi connectivity index (χ4n) is 3.34. The van der Waals surface area contributed by atoms with E-state index in [1.54, 1.807) is 0 Å². The summed E-state index contributed by atoms with van der Waals surface area (Å²) < 4.78 is 1.05. The molecule has 1 aromatic carbocycles. The van der Waals surface area contributed by atoms with Gasteiger partial charge in [-0.1, -0.05) is 34.8 Å². The van der Waals surface area contributed by atoms with E-state index in [1.807, 2.05) is 25.1 Å². The van der Waals surface area contributed by atoms with Gasteiger partial charge in [0, 0.05) is 16.1 Å². The lowest BCUT2D eigenvalue weighted by molar-refractivity contribution is -0.117. The zero-order valence-electron chi connectivity index (χ0n) is 10.6. The van der Waals surface area contributed by atoms with Crippen molar-refractivity contribution < 1.29 is 4.79 Å². The summed E-state index contributed by atoms with van der Waals surface area (Å²) in [6, 6.07) is 5.94. The Balaban J connectivity index is 1.70.